The van der Waals surface area contributed by atoms with Gasteiger partial charge in [0.1, 0.15) is 11.6 Å². The van der Waals surface area contributed by atoms with Crippen LogP contribution >= 0.6 is 0 Å². The zero-order valence-corrected chi connectivity index (χ0v) is 12.4. The number of carbonyl (C=O) groups excluding carboxylic acids is 1. The van der Waals surface area contributed by atoms with E-state index in [0.29, 0.717) is 17.4 Å². The molecule has 0 unspecified atom stereocenters. The van der Waals surface area contributed by atoms with Crippen LogP contribution in [0.1, 0.15) is 35.1 Å². The van der Waals surface area contributed by atoms with E-state index in [2.05, 4.69) is 20.4 Å². The summed E-state index contributed by atoms with van der Waals surface area (Å²) in [6.07, 6.45) is 4.02. The fourth-order valence-corrected chi connectivity index (χ4v) is 2.02. The Morgan fingerprint density at radius 3 is 2.76 bits per heavy atom. The number of rotatable bonds is 4. The van der Waals surface area contributed by atoms with Gasteiger partial charge in [-0.15, -0.1) is 0 Å². The van der Waals surface area contributed by atoms with Gasteiger partial charge in [0, 0.05) is 39.3 Å². The number of carbonyl (C=O) groups is 1. The van der Waals surface area contributed by atoms with E-state index >= 15 is 0 Å². The van der Waals surface area contributed by atoms with Crippen molar-refractivity contribution in [1.82, 2.24) is 24.6 Å². The van der Waals surface area contributed by atoms with Crippen LogP contribution < -0.4 is 5.32 Å². The highest BCUT2D eigenvalue weighted by Gasteiger charge is 2.27. The molecule has 0 bridgehead atoms. The molecular formula is C14H18N6O. The van der Waals surface area contributed by atoms with Gasteiger partial charge in [-0.1, -0.05) is 0 Å². The first-order valence-electron chi connectivity index (χ1n) is 6.93. The minimum absolute atomic E-state index is 0.126. The molecule has 3 rings (SSSR count). The van der Waals surface area contributed by atoms with Gasteiger partial charge in [0.15, 0.2) is 11.5 Å². The summed E-state index contributed by atoms with van der Waals surface area (Å²) in [7, 11) is 5.24. The van der Waals surface area contributed by atoms with Gasteiger partial charge in [-0.2, -0.15) is 5.10 Å². The molecule has 0 aromatic carbocycles. The smallest absolute Gasteiger partial charge is 0.273 e. The summed E-state index contributed by atoms with van der Waals surface area (Å²) in [5, 5.41) is 7.35. The Morgan fingerprint density at radius 2 is 2.14 bits per heavy atom. The monoisotopic (exact) mass is 286 g/mol. The second kappa shape index (κ2) is 5.16. The Morgan fingerprint density at radius 1 is 1.38 bits per heavy atom. The van der Waals surface area contributed by atoms with Crippen molar-refractivity contribution in [3.05, 3.63) is 29.8 Å². The lowest BCUT2D eigenvalue weighted by molar-refractivity contribution is 0.0821. The van der Waals surface area contributed by atoms with Gasteiger partial charge in [0.25, 0.3) is 5.91 Å². The zero-order chi connectivity index (χ0) is 15.0. The molecule has 1 aliphatic carbocycles. The van der Waals surface area contributed by atoms with E-state index in [1.54, 1.807) is 31.0 Å². The maximum atomic E-state index is 11.9. The number of nitrogens with one attached hydrogen (secondary N) is 1. The molecule has 0 aliphatic heterocycles. The minimum atomic E-state index is -0.126. The van der Waals surface area contributed by atoms with E-state index in [9.17, 15) is 4.79 Å². The van der Waals surface area contributed by atoms with Gasteiger partial charge in [0.2, 0.25) is 0 Å². The lowest BCUT2D eigenvalue weighted by atomic mass is 10.4. The summed E-state index contributed by atoms with van der Waals surface area (Å²) in [6, 6.07) is 3.52. The number of hydrogen-bond acceptors (Lipinski definition) is 5. The molecule has 21 heavy (non-hydrogen) atoms. The highest BCUT2D eigenvalue weighted by Crippen LogP contribution is 2.38. The molecule has 0 saturated heterocycles. The summed E-state index contributed by atoms with van der Waals surface area (Å²) in [4.78, 5) is 22.4. The van der Waals surface area contributed by atoms with Crippen molar-refractivity contribution in [3.8, 4) is 5.82 Å². The molecule has 2 aromatic rings. The van der Waals surface area contributed by atoms with Gasteiger partial charge in [-0.3, -0.25) is 4.79 Å². The average Bonchev–Trinajstić information content (AvgIpc) is 3.23. The van der Waals surface area contributed by atoms with Crippen LogP contribution in [0.4, 0.5) is 5.82 Å². The summed E-state index contributed by atoms with van der Waals surface area (Å²) >= 11 is 0. The molecule has 1 amide bonds. The molecular weight excluding hydrogens is 268 g/mol. The minimum Gasteiger partial charge on any atom is -0.373 e. The van der Waals surface area contributed by atoms with E-state index in [0.717, 1.165) is 24.5 Å². The topological polar surface area (TPSA) is 75.9 Å². The molecule has 0 atom stereocenters. The Kier molecular flexibility index (Phi) is 3.32. The van der Waals surface area contributed by atoms with Crippen LogP contribution in [0.5, 0.6) is 0 Å². The van der Waals surface area contributed by atoms with Gasteiger partial charge in [-0.25, -0.2) is 14.6 Å². The Bertz CT molecular complexity index is 674. The van der Waals surface area contributed by atoms with Crippen LogP contribution in [-0.4, -0.2) is 51.7 Å². The Labute approximate surface area is 123 Å². The van der Waals surface area contributed by atoms with E-state index in [-0.39, 0.29) is 5.91 Å². The molecule has 7 nitrogen and oxygen atoms in total. The largest absolute Gasteiger partial charge is 0.373 e. The number of nitrogens with zero attached hydrogens (tertiary/aromatic N) is 5. The third-order valence-corrected chi connectivity index (χ3v) is 3.38. The van der Waals surface area contributed by atoms with Gasteiger partial charge in [-0.05, 0) is 18.9 Å². The van der Waals surface area contributed by atoms with Gasteiger partial charge < -0.3 is 10.2 Å². The molecule has 7 heteroatoms. The summed E-state index contributed by atoms with van der Waals surface area (Å²) < 4.78 is 1.62. The van der Waals surface area contributed by atoms with Crippen molar-refractivity contribution < 1.29 is 4.79 Å². The predicted molar refractivity (Wildman–Crippen MR) is 78.7 cm³/mol. The van der Waals surface area contributed by atoms with Crippen LogP contribution in [0.2, 0.25) is 0 Å². The van der Waals surface area contributed by atoms with Crippen molar-refractivity contribution in [3.63, 3.8) is 0 Å². The van der Waals surface area contributed by atoms with E-state index in [1.165, 1.54) is 4.90 Å². The number of aromatic nitrogens is 4. The first-order valence-corrected chi connectivity index (χ1v) is 6.93. The molecule has 1 saturated carbocycles. The van der Waals surface area contributed by atoms with Crippen molar-refractivity contribution in [2.75, 3.05) is 26.5 Å². The lowest BCUT2D eigenvalue weighted by Gasteiger charge is -2.08. The SMILES string of the molecule is CNc1cc(-n2ccc(C(=O)N(C)C)n2)nc(C2CC2)n1. The second-order valence-corrected chi connectivity index (χ2v) is 5.34. The van der Waals surface area contributed by atoms with Crippen molar-refractivity contribution in [2.24, 2.45) is 0 Å². The van der Waals surface area contributed by atoms with Crippen LogP contribution in [-0.2, 0) is 0 Å². The molecule has 2 aromatic heterocycles. The fraction of sp³-hybridized carbons (Fsp3) is 0.429. The molecule has 0 radical (unpaired) electrons. The molecule has 1 aliphatic rings. The van der Waals surface area contributed by atoms with Crippen molar-refractivity contribution in [2.45, 2.75) is 18.8 Å². The fourth-order valence-electron chi connectivity index (χ4n) is 2.02. The van der Waals surface area contributed by atoms with Crippen molar-refractivity contribution >= 4 is 11.7 Å². The molecule has 2 heterocycles. The van der Waals surface area contributed by atoms with E-state index in [4.69, 9.17) is 0 Å². The number of amides is 1. The normalized spacial score (nSPS) is 14.0. The summed E-state index contributed by atoms with van der Waals surface area (Å²) in [5.74, 6) is 2.61. The third-order valence-electron chi connectivity index (χ3n) is 3.38. The number of anilines is 1. The average molecular weight is 286 g/mol. The third kappa shape index (κ3) is 2.72. The molecule has 1 fully saturated rings. The quantitative estimate of drug-likeness (QED) is 0.916. The van der Waals surface area contributed by atoms with Crippen LogP contribution in [0.15, 0.2) is 18.3 Å². The first-order chi connectivity index (χ1) is 10.1. The van der Waals surface area contributed by atoms with Crippen LogP contribution in [0.3, 0.4) is 0 Å². The number of hydrogen-bond donors (Lipinski definition) is 1. The highest BCUT2D eigenvalue weighted by molar-refractivity contribution is 5.91. The molecule has 110 valence electrons. The molecule has 1 N–H and O–H groups in total. The van der Waals surface area contributed by atoms with Gasteiger partial charge in [0.05, 0.1) is 0 Å². The summed E-state index contributed by atoms with van der Waals surface area (Å²) in [5.41, 5.74) is 0.401. The zero-order valence-electron chi connectivity index (χ0n) is 12.4. The lowest BCUT2D eigenvalue weighted by Crippen LogP contribution is -2.22. The molecule has 0 spiro atoms. The highest BCUT2D eigenvalue weighted by atomic mass is 16.2. The van der Waals surface area contributed by atoms with Crippen LogP contribution in [0, 0.1) is 0 Å². The predicted octanol–water partition coefficient (Wildman–Crippen LogP) is 1.28. The maximum absolute atomic E-state index is 11.9. The first kappa shape index (κ1) is 13.5. The van der Waals surface area contributed by atoms with Crippen LogP contribution in [0.25, 0.3) is 5.82 Å². The standard InChI is InChI=1S/C14H18N6O/c1-15-11-8-12(17-13(16-11)9-4-5-9)20-7-6-10(18-20)14(21)19(2)3/h6-9H,4-5H2,1-3H3,(H,15,16,17). The Balaban J connectivity index is 1.96. The Hall–Kier alpha value is -2.44. The van der Waals surface area contributed by atoms with E-state index in [1.807, 2.05) is 13.1 Å². The maximum Gasteiger partial charge on any atom is 0.273 e. The van der Waals surface area contributed by atoms with Crippen molar-refractivity contribution in [1.29, 1.82) is 0 Å². The summed E-state index contributed by atoms with van der Waals surface area (Å²) in [6.45, 7) is 0. The second-order valence-electron chi connectivity index (χ2n) is 5.34. The van der Waals surface area contributed by atoms with E-state index < -0.39 is 0 Å². The van der Waals surface area contributed by atoms with Gasteiger partial charge >= 0.3 is 0 Å².